The molecule has 0 radical (unpaired) electrons. The number of nitrogens with zero attached hydrogens (tertiary/aromatic N) is 7. The van der Waals surface area contributed by atoms with Gasteiger partial charge in [0.2, 0.25) is 0 Å². The van der Waals surface area contributed by atoms with Gasteiger partial charge in [0.15, 0.2) is 5.96 Å². The first kappa shape index (κ1) is 28.7. The summed E-state index contributed by atoms with van der Waals surface area (Å²) in [6.45, 7) is -3.03. The van der Waals surface area contributed by atoms with Crippen molar-refractivity contribution in [3.8, 4) is 16.8 Å². The van der Waals surface area contributed by atoms with Crippen LogP contribution < -0.4 is 11.1 Å². The number of benzene rings is 2. The molecule has 0 saturated heterocycles. The zero-order valence-electron chi connectivity index (χ0n) is 22.3. The van der Waals surface area contributed by atoms with Crippen molar-refractivity contribution in [1.82, 2.24) is 34.8 Å². The van der Waals surface area contributed by atoms with Gasteiger partial charge in [-0.05, 0) is 48.2 Å². The molecule has 15 heteroatoms. The Morgan fingerprint density at radius 2 is 1.95 bits per heavy atom. The molecule has 2 aromatic carbocycles. The number of ether oxygens (including phenoxy) is 1. The quantitative estimate of drug-likeness (QED) is 0.217. The lowest BCUT2D eigenvalue weighted by molar-refractivity contribution is 0.0566. The van der Waals surface area contributed by atoms with Crippen molar-refractivity contribution in [1.29, 1.82) is 0 Å². The van der Waals surface area contributed by atoms with E-state index in [0.29, 0.717) is 32.1 Å². The van der Waals surface area contributed by atoms with Crippen LogP contribution in [0.2, 0.25) is 5.02 Å². The van der Waals surface area contributed by atoms with Crippen LogP contribution in [-0.2, 0) is 4.74 Å². The van der Waals surface area contributed by atoms with Crippen LogP contribution in [0.1, 0.15) is 41.4 Å². The smallest absolute Gasteiger partial charge is 0.407 e. The molecule has 42 heavy (non-hydrogen) atoms. The van der Waals surface area contributed by atoms with Gasteiger partial charge in [-0.1, -0.05) is 29.8 Å². The number of amides is 2. The number of aliphatic imine (C=N–C) groups is 1. The largest absolute Gasteiger partial charge is 0.447 e. The number of rotatable bonds is 9. The van der Waals surface area contributed by atoms with Crippen molar-refractivity contribution >= 4 is 29.6 Å². The topological polar surface area (TPSA) is 146 Å². The van der Waals surface area contributed by atoms with E-state index >= 15 is 0 Å². The summed E-state index contributed by atoms with van der Waals surface area (Å²) < 4.78 is 33.5. The number of alkyl carbamates (subject to hydrolysis) is 1. The molecule has 3 N–H and O–H groups in total. The molecule has 2 aromatic heterocycles. The van der Waals surface area contributed by atoms with Crippen LogP contribution in [-0.4, -0.2) is 67.1 Å². The van der Waals surface area contributed by atoms with Gasteiger partial charge in [-0.15, -0.1) is 0 Å². The lowest BCUT2D eigenvalue weighted by Gasteiger charge is -2.31. The average Bonchev–Trinajstić information content (AvgIpc) is 3.41. The molecule has 218 valence electrons. The van der Waals surface area contributed by atoms with Crippen molar-refractivity contribution in [2.75, 3.05) is 13.7 Å². The molecule has 2 heterocycles. The summed E-state index contributed by atoms with van der Waals surface area (Å²) in [5, 5.41) is 10.9. The molecule has 1 aliphatic carbocycles. The van der Waals surface area contributed by atoms with Gasteiger partial charge in [0.25, 0.3) is 5.91 Å². The molecular formula is C27H26ClF2N9O3. The Hall–Kier alpha value is -4.85. The maximum absolute atomic E-state index is 14.0. The zero-order valence-corrected chi connectivity index (χ0v) is 23.0. The molecule has 12 nitrogen and oxygen atoms in total. The fraction of sp³-hybridized carbons (Fsp3) is 0.259. The Morgan fingerprint density at radius 3 is 2.57 bits per heavy atom. The van der Waals surface area contributed by atoms with Crippen molar-refractivity contribution in [2.45, 2.75) is 31.5 Å². The highest BCUT2D eigenvalue weighted by molar-refractivity contribution is 6.32. The van der Waals surface area contributed by atoms with E-state index in [2.05, 4.69) is 25.5 Å². The first-order valence-electron chi connectivity index (χ1n) is 12.8. The average molecular weight is 598 g/mol. The number of guanidine groups is 1. The molecule has 1 aliphatic rings. The lowest BCUT2D eigenvalue weighted by Crippen LogP contribution is -2.46. The zero-order chi connectivity index (χ0) is 29.8. The van der Waals surface area contributed by atoms with Gasteiger partial charge in [-0.2, -0.15) is 19.0 Å². The van der Waals surface area contributed by atoms with E-state index in [1.165, 1.54) is 53.8 Å². The molecular weight excluding hydrogens is 572 g/mol. The van der Waals surface area contributed by atoms with Crippen LogP contribution in [0, 0.1) is 0 Å². The number of hydrogen-bond donors (Lipinski definition) is 2. The molecule has 1 unspecified atom stereocenters. The van der Waals surface area contributed by atoms with Gasteiger partial charge >= 0.3 is 12.6 Å². The highest BCUT2D eigenvalue weighted by Gasteiger charge is 2.32. The van der Waals surface area contributed by atoms with Crippen LogP contribution in [0.15, 0.2) is 72.5 Å². The Labute approximate surface area is 243 Å². The number of aromatic nitrogens is 5. The molecule has 0 spiro atoms. The monoisotopic (exact) mass is 597 g/mol. The van der Waals surface area contributed by atoms with E-state index in [-0.39, 0.29) is 24.2 Å². The third kappa shape index (κ3) is 6.38. The number of nitrogens with one attached hydrogen (secondary N) is 1. The van der Waals surface area contributed by atoms with E-state index in [4.69, 9.17) is 22.1 Å². The van der Waals surface area contributed by atoms with Crippen LogP contribution >= 0.6 is 11.6 Å². The maximum Gasteiger partial charge on any atom is 0.407 e. The summed E-state index contributed by atoms with van der Waals surface area (Å²) >= 11 is 6.44. The van der Waals surface area contributed by atoms with Gasteiger partial charge in [0.05, 0.1) is 22.9 Å². The third-order valence-electron chi connectivity index (χ3n) is 6.57. The lowest BCUT2D eigenvalue weighted by atomic mass is 10.0. The summed E-state index contributed by atoms with van der Waals surface area (Å²) in [5.74, 6) is -0.669. The predicted octanol–water partition coefficient (Wildman–Crippen LogP) is 4.20. The molecule has 0 aliphatic heterocycles. The van der Waals surface area contributed by atoms with E-state index in [1.807, 2.05) is 0 Å². The molecule has 5 rings (SSSR count). The maximum atomic E-state index is 14.0. The number of hydrogen-bond acceptors (Lipinski definition) is 7. The molecule has 4 aromatic rings. The summed E-state index contributed by atoms with van der Waals surface area (Å²) in [4.78, 5) is 35.6. The highest BCUT2D eigenvalue weighted by atomic mass is 35.5. The van der Waals surface area contributed by atoms with Crippen LogP contribution in [0.5, 0.6) is 0 Å². The highest BCUT2D eigenvalue weighted by Crippen LogP contribution is 2.30. The minimum atomic E-state index is -2.77. The van der Waals surface area contributed by atoms with Crippen molar-refractivity contribution in [3.05, 3.63) is 83.7 Å². The van der Waals surface area contributed by atoms with Crippen LogP contribution in [0.25, 0.3) is 16.8 Å². The van der Waals surface area contributed by atoms with Crippen molar-refractivity contribution in [2.24, 2.45) is 10.7 Å². The summed E-state index contributed by atoms with van der Waals surface area (Å²) in [5.41, 5.74) is 8.53. The Balaban J connectivity index is 1.49. The van der Waals surface area contributed by atoms with E-state index < -0.39 is 24.6 Å². The predicted molar refractivity (Wildman–Crippen MR) is 149 cm³/mol. The van der Waals surface area contributed by atoms with Gasteiger partial charge in [0, 0.05) is 30.4 Å². The Bertz CT molecular complexity index is 1590. The second-order valence-electron chi connectivity index (χ2n) is 9.40. The Morgan fingerprint density at radius 1 is 1.19 bits per heavy atom. The second kappa shape index (κ2) is 12.3. The summed E-state index contributed by atoms with van der Waals surface area (Å²) in [6.07, 6.45) is 6.46. The first-order valence-corrected chi connectivity index (χ1v) is 13.2. The molecule has 0 bridgehead atoms. The number of halogens is 3. The standard InChI is InChI=1S/C27H26ClF2N9O3/c1-32-26(31)39(24(40)17-4-2-16(3-5-17)19-11-34-37(12-19)25(29)30)23(13-42-27(41)36-20-7-8-20)18-6-9-21(28)22(10-18)38-15-33-14-35-38/h2-6,9-12,14-15,20,23,25H,7-8,13H2,1H3,(H2,31,32)(H,36,41). The molecule has 1 saturated carbocycles. The van der Waals surface area contributed by atoms with Gasteiger partial charge < -0.3 is 15.8 Å². The number of carbonyl (C=O) groups excluding carboxylic acids is 2. The molecule has 2 amide bonds. The first-order chi connectivity index (χ1) is 20.2. The van der Waals surface area contributed by atoms with E-state index in [0.717, 1.165) is 12.8 Å². The van der Waals surface area contributed by atoms with Gasteiger partial charge in [-0.3, -0.25) is 14.7 Å². The third-order valence-corrected chi connectivity index (χ3v) is 6.88. The van der Waals surface area contributed by atoms with Gasteiger partial charge in [0.1, 0.15) is 19.3 Å². The van der Waals surface area contributed by atoms with Crippen LogP contribution in [0.4, 0.5) is 13.6 Å². The number of carbonyl (C=O) groups is 2. The SMILES string of the molecule is CN=C(N)N(C(=O)c1ccc(-c2cnn(C(F)F)c2)cc1)C(COC(=O)NC1CC1)c1ccc(Cl)c(-n2cncn2)c1. The fourth-order valence-electron chi connectivity index (χ4n) is 4.21. The Kier molecular flexibility index (Phi) is 8.43. The van der Waals surface area contributed by atoms with Crippen molar-refractivity contribution < 1.29 is 23.1 Å². The molecule has 1 atom stereocenters. The summed E-state index contributed by atoms with van der Waals surface area (Å²) in [7, 11) is 1.43. The number of nitrogens with two attached hydrogens (primary N) is 1. The minimum absolute atomic E-state index is 0.0664. The van der Waals surface area contributed by atoms with E-state index in [1.54, 1.807) is 30.3 Å². The fourth-order valence-corrected chi connectivity index (χ4v) is 4.41. The number of alkyl halides is 2. The normalized spacial score (nSPS) is 14.1. The second-order valence-corrected chi connectivity index (χ2v) is 9.81. The van der Waals surface area contributed by atoms with E-state index in [9.17, 15) is 18.4 Å². The van der Waals surface area contributed by atoms with Gasteiger partial charge in [-0.25, -0.2) is 19.1 Å². The minimum Gasteiger partial charge on any atom is -0.447 e. The summed E-state index contributed by atoms with van der Waals surface area (Å²) in [6, 6.07) is 10.4. The molecule has 1 fully saturated rings. The van der Waals surface area contributed by atoms with Crippen LogP contribution in [0.3, 0.4) is 0 Å². The van der Waals surface area contributed by atoms with Crippen molar-refractivity contribution in [3.63, 3.8) is 0 Å².